The summed E-state index contributed by atoms with van der Waals surface area (Å²) in [7, 11) is 1.51. The lowest BCUT2D eigenvalue weighted by Crippen LogP contribution is -2.38. The quantitative estimate of drug-likeness (QED) is 0.711. The van der Waals surface area contributed by atoms with Gasteiger partial charge in [0.15, 0.2) is 0 Å². The molecule has 4 rings (SSSR count). The van der Waals surface area contributed by atoms with Gasteiger partial charge in [0.1, 0.15) is 11.8 Å². The third-order valence-corrected chi connectivity index (χ3v) is 4.54. The van der Waals surface area contributed by atoms with Gasteiger partial charge in [-0.05, 0) is 31.0 Å². The van der Waals surface area contributed by atoms with Gasteiger partial charge < -0.3 is 18.5 Å². The summed E-state index contributed by atoms with van der Waals surface area (Å²) in [5.41, 5.74) is 1.24. The van der Waals surface area contributed by atoms with Crippen LogP contribution in [0.3, 0.4) is 0 Å². The number of likely N-dealkylation sites (tertiary alicyclic amines) is 1. The van der Waals surface area contributed by atoms with Crippen molar-refractivity contribution in [1.82, 2.24) is 20.1 Å². The highest BCUT2D eigenvalue weighted by molar-refractivity contribution is 5.96. The third-order valence-electron chi connectivity index (χ3n) is 4.54. The highest BCUT2D eigenvalue weighted by Crippen LogP contribution is 2.30. The van der Waals surface area contributed by atoms with Gasteiger partial charge in [0.2, 0.25) is 11.8 Å². The predicted molar refractivity (Wildman–Crippen MR) is 90.7 cm³/mol. The minimum Gasteiger partial charge on any atom is -0.480 e. The maximum Gasteiger partial charge on any atom is 0.259 e. The molecule has 0 atom stereocenters. The van der Waals surface area contributed by atoms with Gasteiger partial charge in [-0.15, -0.1) is 10.2 Å². The van der Waals surface area contributed by atoms with E-state index in [1.807, 2.05) is 4.90 Å². The Labute approximate surface area is 149 Å². The van der Waals surface area contributed by atoms with E-state index < -0.39 is 0 Å². The summed E-state index contributed by atoms with van der Waals surface area (Å²) >= 11 is 0. The Morgan fingerprint density at radius 1 is 1.27 bits per heavy atom. The van der Waals surface area contributed by atoms with Crippen molar-refractivity contribution in [3.63, 3.8) is 0 Å². The summed E-state index contributed by atoms with van der Waals surface area (Å²) < 4.78 is 16.0. The van der Waals surface area contributed by atoms with E-state index in [0.717, 1.165) is 18.4 Å². The molecule has 0 aliphatic carbocycles. The molecule has 8 nitrogen and oxygen atoms in total. The van der Waals surface area contributed by atoms with Crippen LogP contribution < -0.4 is 4.74 Å². The van der Waals surface area contributed by atoms with Crippen molar-refractivity contribution in [2.75, 3.05) is 20.2 Å². The van der Waals surface area contributed by atoms with Crippen LogP contribution in [0.15, 0.2) is 45.8 Å². The molecule has 0 bridgehead atoms. The molecular weight excluding hydrogens is 336 g/mol. The van der Waals surface area contributed by atoms with Crippen molar-refractivity contribution in [2.45, 2.75) is 18.8 Å². The van der Waals surface area contributed by atoms with Gasteiger partial charge >= 0.3 is 0 Å². The Balaban J connectivity index is 1.42. The van der Waals surface area contributed by atoms with Crippen LogP contribution in [0.25, 0.3) is 11.5 Å². The van der Waals surface area contributed by atoms with E-state index in [1.54, 1.807) is 36.9 Å². The number of ether oxygens (including phenoxy) is 1. The van der Waals surface area contributed by atoms with E-state index in [4.69, 9.17) is 13.6 Å². The Bertz CT molecular complexity index is 882. The topological polar surface area (TPSA) is 94.5 Å². The van der Waals surface area contributed by atoms with Gasteiger partial charge in [0.05, 0.1) is 18.9 Å². The van der Waals surface area contributed by atoms with Crippen LogP contribution in [0.5, 0.6) is 5.88 Å². The number of amides is 1. The molecule has 8 heteroatoms. The standard InChI is InChI=1S/C18H18N4O4/c1-24-17-14(3-2-7-19-17)18(23)22-8-4-12(5-9-22)15-20-21-16(26-15)13-6-10-25-11-13/h2-3,6-7,10-12H,4-5,8-9H2,1H3. The van der Waals surface area contributed by atoms with Gasteiger partial charge in [-0.3, -0.25) is 4.79 Å². The Hall–Kier alpha value is -3.16. The molecule has 1 aliphatic rings. The molecule has 134 valence electrons. The highest BCUT2D eigenvalue weighted by atomic mass is 16.5. The maximum absolute atomic E-state index is 12.7. The first kappa shape index (κ1) is 16.3. The Morgan fingerprint density at radius 3 is 2.85 bits per heavy atom. The first-order valence-electron chi connectivity index (χ1n) is 8.40. The number of hydrogen-bond donors (Lipinski definition) is 0. The van der Waals surface area contributed by atoms with Crippen LogP contribution in [-0.4, -0.2) is 46.2 Å². The smallest absolute Gasteiger partial charge is 0.259 e. The van der Waals surface area contributed by atoms with Gasteiger partial charge in [0.25, 0.3) is 11.8 Å². The minimum atomic E-state index is -0.0713. The van der Waals surface area contributed by atoms with E-state index in [-0.39, 0.29) is 11.8 Å². The van der Waals surface area contributed by atoms with E-state index in [9.17, 15) is 4.79 Å². The predicted octanol–water partition coefficient (Wildman–Crippen LogP) is 2.75. The van der Waals surface area contributed by atoms with E-state index in [0.29, 0.717) is 36.3 Å². The average molecular weight is 354 g/mol. The molecule has 0 radical (unpaired) electrons. The molecule has 0 spiro atoms. The molecule has 0 N–H and O–H groups in total. The van der Waals surface area contributed by atoms with Crippen LogP contribution in [0, 0.1) is 0 Å². The van der Waals surface area contributed by atoms with Crippen molar-refractivity contribution < 1.29 is 18.4 Å². The second-order valence-corrected chi connectivity index (χ2v) is 6.08. The Kier molecular flexibility index (Phi) is 4.39. The van der Waals surface area contributed by atoms with E-state index >= 15 is 0 Å². The second kappa shape index (κ2) is 6.99. The number of methoxy groups -OCH3 is 1. The number of hydrogen-bond acceptors (Lipinski definition) is 7. The lowest BCUT2D eigenvalue weighted by molar-refractivity contribution is 0.0702. The van der Waals surface area contributed by atoms with Crippen molar-refractivity contribution in [3.05, 3.63) is 48.4 Å². The molecule has 1 aliphatic heterocycles. The summed E-state index contributed by atoms with van der Waals surface area (Å²) in [6.07, 6.45) is 6.27. The average Bonchev–Trinajstić information content (AvgIpc) is 3.39. The maximum atomic E-state index is 12.7. The number of aromatic nitrogens is 3. The fourth-order valence-electron chi connectivity index (χ4n) is 3.12. The molecule has 26 heavy (non-hydrogen) atoms. The lowest BCUT2D eigenvalue weighted by atomic mass is 9.96. The largest absolute Gasteiger partial charge is 0.480 e. The number of nitrogens with zero attached hydrogens (tertiary/aromatic N) is 4. The monoisotopic (exact) mass is 354 g/mol. The van der Waals surface area contributed by atoms with Crippen molar-refractivity contribution in [1.29, 1.82) is 0 Å². The van der Waals surface area contributed by atoms with Crippen LogP contribution in [-0.2, 0) is 0 Å². The van der Waals surface area contributed by atoms with Gasteiger partial charge in [-0.2, -0.15) is 0 Å². The molecule has 1 saturated heterocycles. The highest BCUT2D eigenvalue weighted by Gasteiger charge is 2.29. The fraction of sp³-hybridized carbons (Fsp3) is 0.333. The molecule has 1 amide bonds. The van der Waals surface area contributed by atoms with Crippen LogP contribution >= 0.6 is 0 Å². The summed E-state index contributed by atoms with van der Waals surface area (Å²) in [5, 5.41) is 8.24. The zero-order valence-corrected chi connectivity index (χ0v) is 14.3. The molecular formula is C18H18N4O4. The molecule has 0 unspecified atom stereocenters. The first-order valence-corrected chi connectivity index (χ1v) is 8.40. The summed E-state index contributed by atoms with van der Waals surface area (Å²) in [5.74, 6) is 1.47. The van der Waals surface area contributed by atoms with Crippen molar-refractivity contribution in [2.24, 2.45) is 0 Å². The lowest BCUT2D eigenvalue weighted by Gasteiger charge is -2.30. The van der Waals surface area contributed by atoms with Crippen LogP contribution in [0.4, 0.5) is 0 Å². The van der Waals surface area contributed by atoms with E-state index in [1.165, 1.54) is 7.11 Å². The van der Waals surface area contributed by atoms with Gasteiger partial charge in [0, 0.05) is 25.2 Å². The molecule has 0 saturated carbocycles. The number of carbonyl (C=O) groups excluding carboxylic acids is 1. The fourth-order valence-corrected chi connectivity index (χ4v) is 3.12. The normalized spacial score (nSPS) is 15.2. The number of furan rings is 1. The number of carbonyl (C=O) groups is 1. The summed E-state index contributed by atoms with van der Waals surface area (Å²) in [6.45, 7) is 1.23. The number of piperidine rings is 1. The molecule has 1 fully saturated rings. The summed E-state index contributed by atoms with van der Waals surface area (Å²) in [4.78, 5) is 18.6. The Morgan fingerprint density at radius 2 is 2.12 bits per heavy atom. The number of rotatable bonds is 4. The molecule has 3 aromatic rings. The first-order chi connectivity index (χ1) is 12.8. The zero-order chi connectivity index (χ0) is 17.9. The summed E-state index contributed by atoms with van der Waals surface area (Å²) in [6, 6.07) is 5.24. The van der Waals surface area contributed by atoms with Crippen LogP contribution in [0.2, 0.25) is 0 Å². The second-order valence-electron chi connectivity index (χ2n) is 6.08. The molecule has 4 heterocycles. The molecule has 0 aromatic carbocycles. The minimum absolute atomic E-state index is 0.0713. The third kappa shape index (κ3) is 3.05. The van der Waals surface area contributed by atoms with Gasteiger partial charge in [-0.25, -0.2) is 4.98 Å². The van der Waals surface area contributed by atoms with Crippen molar-refractivity contribution >= 4 is 5.91 Å². The van der Waals surface area contributed by atoms with Gasteiger partial charge in [-0.1, -0.05) is 0 Å². The van der Waals surface area contributed by atoms with Crippen molar-refractivity contribution in [3.8, 4) is 17.3 Å². The molecule has 3 aromatic heterocycles. The zero-order valence-electron chi connectivity index (χ0n) is 14.3. The SMILES string of the molecule is COc1ncccc1C(=O)N1CCC(c2nnc(-c3ccoc3)o2)CC1. The van der Waals surface area contributed by atoms with Crippen LogP contribution in [0.1, 0.15) is 35.0 Å². The number of pyridine rings is 1. The van der Waals surface area contributed by atoms with E-state index in [2.05, 4.69) is 15.2 Å².